The minimum atomic E-state index is -4.78. The molecule has 0 saturated heterocycles. The minimum Gasteiger partial charge on any atom is -0.320 e. The van der Waals surface area contributed by atoms with E-state index in [1.54, 1.807) is 19.1 Å². The van der Waals surface area contributed by atoms with E-state index in [2.05, 4.69) is 0 Å². The minimum absolute atomic E-state index is 0.0741. The van der Waals surface area contributed by atoms with E-state index >= 15 is 0 Å². The van der Waals surface area contributed by atoms with Crippen molar-refractivity contribution < 1.29 is 22.0 Å². The van der Waals surface area contributed by atoms with Crippen molar-refractivity contribution in [3.8, 4) is 0 Å². The van der Waals surface area contributed by atoms with Gasteiger partial charge in [0.1, 0.15) is 11.6 Å². The Morgan fingerprint density at radius 3 is 2.29 bits per heavy atom. The van der Waals surface area contributed by atoms with Gasteiger partial charge in [0, 0.05) is 5.56 Å². The molecule has 0 aliphatic heterocycles. The van der Waals surface area contributed by atoms with Crippen LogP contribution >= 0.6 is 0 Å². The van der Waals surface area contributed by atoms with E-state index in [0.717, 1.165) is 6.07 Å². The van der Waals surface area contributed by atoms with Crippen LogP contribution in [0.1, 0.15) is 28.3 Å². The number of aryl methyl sites for hydroxylation is 1. The van der Waals surface area contributed by atoms with Crippen LogP contribution in [0.5, 0.6) is 0 Å². The molecule has 0 saturated carbocycles. The van der Waals surface area contributed by atoms with Gasteiger partial charge < -0.3 is 5.73 Å². The molecule has 6 heteroatoms. The second kappa shape index (κ2) is 5.44. The molecule has 2 aromatic carbocycles. The molecule has 2 aromatic rings. The van der Waals surface area contributed by atoms with Gasteiger partial charge in [-0.25, -0.2) is 8.78 Å². The second-order valence-electron chi connectivity index (χ2n) is 4.69. The molecule has 0 amide bonds. The molecule has 21 heavy (non-hydrogen) atoms. The monoisotopic (exact) mass is 301 g/mol. The SMILES string of the molecule is Cc1cccc(C(N)c2ccc(C(F)(F)F)c(F)c2)c1F. The van der Waals surface area contributed by atoms with Crippen LogP contribution < -0.4 is 5.73 Å². The fourth-order valence-corrected chi connectivity index (χ4v) is 2.04. The van der Waals surface area contributed by atoms with Crippen LogP contribution in [-0.4, -0.2) is 0 Å². The zero-order valence-electron chi connectivity index (χ0n) is 11.0. The molecule has 0 heterocycles. The first-order valence-corrected chi connectivity index (χ1v) is 6.09. The van der Waals surface area contributed by atoms with Gasteiger partial charge in [-0.3, -0.25) is 0 Å². The largest absolute Gasteiger partial charge is 0.419 e. The summed E-state index contributed by atoms with van der Waals surface area (Å²) in [5.41, 5.74) is 4.99. The van der Waals surface area contributed by atoms with Crippen LogP contribution in [0.4, 0.5) is 22.0 Å². The van der Waals surface area contributed by atoms with Gasteiger partial charge in [0.05, 0.1) is 11.6 Å². The van der Waals surface area contributed by atoms with Crippen molar-refractivity contribution in [1.29, 1.82) is 0 Å². The summed E-state index contributed by atoms with van der Waals surface area (Å²) < 4.78 is 65.0. The summed E-state index contributed by atoms with van der Waals surface area (Å²) in [6.45, 7) is 1.54. The first-order chi connectivity index (χ1) is 9.71. The normalized spacial score (nSPS) is 13.3. The molecule has 2 rings (SSSR count). The molecule has 0 aliphatic carbocycles. The summed E-state index contributed by atoms with van der Waals surface area (Å²) in [7, 11) is 0. The Bertz CT molecular complexity index is 664. The summed E-state index contributed by atoms with van der Waals surface area (Å²) in [4.78, 5) is 0. The maximum atomic E-state index is 14.0. The third-order valence-corrected chi connectivity index (χ3v) is 3.21. The van der Waals surface area contributed by atoms with Gasteiger partial charge in [-0.05, 0) is 30.2 Å². The molecule has 112 valence electrons. The Morgan fingerprint density at radius 1 is 1.05 bits per heavy atom. The van der Waals surface area contributed by atoms with Gasteiger partial charge in [-0.15, -0.1) is 0 Å². The highest BCUT2D eigenvalue weighted by Gasteiger charge is 2.34. The standard InChI is InChI=1S/C15H12F5N/c1-8-3-2-4-10(13(8)17)14(21)9-5-6-11(12(16)7-9)15(18,19)20/h2-7,14H,21H2,1H3. The molecular weight excluding hydrogens is 289 g/mol. The topological polar surface area (TPSA) is 26.0 Å². The number of hydrogen-bond donors (Lipinski definition) is 1. The van der Waals surface area contributed by atoms with Crippen molar-refractivity contribution >= 4 is 0 Å². The number of nitrogens with two attached hydrogens (primary N) is 1. The lowest BCUT2D eigenvalue weighted by atomic mass is 9.96. The maximum absolute atomic E-state index is 14.0. The van der Waals surface area contributed by atoms with Crippen LogP contribution in [0.25, 0.3) is 0 Å². The Balaban J connectivity index is 2.43. The van der Waals surface area contributed by atoms with Gasteiger partial charge in [0.2, 0.25) is 0 Å². The van der Waals surface area contributed by atoms with Crippen LogP contribution in [0.15, 0.2) is 36.4 Å². The van der Waals surface area contributed by atoms with Crippen molar-refractivity contribution in [2.45, 2.75) is 19.1 Å². The van der Waals surface area contributed by atoms with Crippen LogP contribution in [0, 0.1) is 18.6 Å². The number of alkyl halides is 3. The summed E-state index contributed by atoms with van der Waals surface area (Å²) in [5, 5.41) is 0. The third-order valence-electron chi connectivity index (χ3n) is 3.21. The molecule has 1 nitrogen and oxygen atoms in total. The predicted molar refractivity (Wildman–Crippen MR) is 68.6 cm³/mol. The Hall–Kier alpha value is -1.95. The smallest absolute Gasteiger partial charge is 0.320 e. The van der Waals surface area contributed by atoms with Gasteiger partial charge >= 0.3 is 6.18 Å². The molecule has 0 aliphatic rings. The Labute approximate surface area is 118 Å². The molecule has 0 bridgehead atoms. The lowest BCUT2D eigenvalue weighted by molar-refractivity contribution is -0.140. The summed E-state index contributed by atoms with van der Waals surface area (Å²) in [6.07, 6.45) is -4.78. The fourth-order valence-electron chi connectivity index (χ4n) is 2.04. The molecule has 1 atom stereocenters. The summed E-state index contributed by atoms with van der Waals surface area (Å²) in [6, 6.07) is 5.85. The van der Waals surface area contributed by atoms with Gasteiger partial charge in [0.25, 0.3) is 0 Å². The summed E-state index contributed by atoms with van der Waals surface area (Å²) >= 11 is 0. The maximum Gasteiger partial charge on any atom is 0.419 e. The highest BCUT2D eigenvalue weighted by atomic mass is 19.4. The molecule has 0 aromatic heterocycles. The van der Waals surface area contributed by atoms with E-state index in [9.17, 15) is 22.0 Å². The van der Waals surface area contributed by atoms with Gasteiger partial charge in [-0.2, -0.15) is 13.2 Å². The molecule has 0 radical (unpaired) electrons. The molecular formula is C15H12F5N. The molecule has 0 fully saturated rings. The molecule has 2 N–H and O–H groups in total. The molecule has 0 spiro atoms. The van der Waals surface area contributed by atoms with E-state index in [1.165, 1.54) is 6.07 Å². The fraction of sp³-hybridized carbons (Fsp3) is 0.200. The third kappa shape index (κ3) is 3.05. The van der Waals surface area contributed by atoms with E-state index < -0.39 is 29.4 Å². The summed E-state index contributed by atoms with van der Waals surface area (Å²) in [5.74, 6) is -1.98. The van der Waals surface area contributed by atoms with E-state index in [1.807, 2.05) is 0 Å². The zero-order chi connectivity index (χ0) is 15.8. The van der Waals surface area contributed by atoms with Crippen molar-refractivity contribution in [1.82, 2.24) is 0 Å². The van der Waals surface area contributed by atoms with E-state index in [-0.39, 0.29) is 11.1 Å². The van der Waals surface area contributed by atoms with Crippen LogP contribution in [0.3, 0.4) is 0 Å². The lowest BCUT2D eigenvalue weighted by Gasteiger charge is -2.16. The van der Waals surface area contributed by atoms with Crippen molar-refractivity contribution in [2.24, 2.45) is 5.73 Å². The molecule has 1 unspecified atom stereocenters. The lowest BCUT2D eigenvalue weighted by Crippen LogP contribution is -2.16. The van der Waals surface area contributed by atoms with Gasteiger partial charge in [0.15, 0.2) is 0 Å². The zero-order valence-corrected chi connectivity index (χ0v) is 11.0. The number of hydrogen-bond acceptors (Lipinski definition) is 1. The van der Waals surface area contributed by atoms with Crippen LogP contribution in [-0.2, 0) is 6.18 Å². The first kappa shape index (κ1) is 15.4. The number of benzene rings is 2. The second-order valence-corrected chi connectivity index (χ2v) is 4.69. The van der Waals surface area contributed by atoms with E-state index in [4.69, 9.17) is 5.73 Å². The number of rotatable bonds is 2. The average Bonchev–Trinajstić information content (AvgIpc) is 2.39. The Kier molecular flexibility index (Phi) is 4.00. The predicted octanol–water partition coefficient (Wildman–Crippen LogP) is 4.34. The number of halogens is 5. The van der Waals surface area contributed by atoms with Crippen molar-refractivity contribution in [3.63, 3.8) is 0 Å². The quantitative estimate of drug-likeness (QED) is 0.820. The van der Waals surface area contributed by atoms with Crippen molar-refractivity contribution in [2.75, 3.05) is 0 Å². The highest BCUT2D eigenvalue weighted by molar-refractivity contribution is 5.37. The Morgan fingerprint density at radius 2 is 1.71 bits per heavy atom. The first-order valence-electron chi connectivity index (χ1n) is 6.09. The highest BCUT2D eigenvalue weighted by Crippen LogP contribution is 2.33. The average molecular weight is 301 g/mol. The van der Waals surface area contributed by atoms with Crippen molar-refractivity contribution in [3.05, 3.63) is 70.3 Å². The van der Waals surface area contributed by atoms with Gasteiger partial charge in [-0.1, -0.05) is 24.3 Å². The van der Waals surface area contributed by atoms with Crippen LogP contribution in [0.2, 0.25) is 0 Å². The van der Waals surface area contributed by atoms with E-state index in [0.29, 0.717) is 17.7 Å².